The van der Waals surface area contributed by atoms with E-state index in [1.807, 2.05) is 12.1 Å². The van der Waals surface area contributed by atoms with Gasteiger partial charge in [-0.05, 0) is 55.9 Å². The van der Waals surface area contributed by atoms with Crippen LogP contribution in [0, 0.1) is 25.6 Å². The first-order valence-corrected chi connectivity index (χ1v) is 7.48. The van der Waals surface area contributed by atoms with E-state index in [-0.39, 0.29) is 5.82 Å². The first kappa shape index (κ1) is 15.1. The monoisotopic (exact) mass is 290 g/mol. The Labute approximate surface area is 125 Å². The summed E-state index contributed by atoms with van der Waals surface area (Å²) in [7, 11) is 0. The van der Waals surface area contributed by atoms with E-state index in [9.17, 15) is 4.39 Å². The number of hydrogen-bond acceptors (Lipinski definition) is 0. The quantitative estimate of drug-likeness (QED) is 0.673. The van der Waals surface area contributed by atoms with Gasteiger partial charge in [0.1, 0.15) is 5.82 Å². The maximum absolute atomic E-state index is 12.9. The van der Waals surface area contributed by atoms with Gasteiger partial charge in [0.2, 0.25) is 0 Å². The predicted molar refractivity (Wildman–Crippen MR) is 83.9 cm³/mol. The number of hydrogen-bond donors (Lipinski definition) is 0. The fourth-order valence-corrected chi connectivity index (χ4v) is 2.87. The Morgan fingerprint density at radius 1 is 0.900 bits per heavy atom. The lowest BCUT2D eigenvalue weighted by molar-refractivity contribution is 0.580. The molecule has 0 aliphatic rings. The third kappa shape index (κ3) is 4.35. The Bertz CT molecular complexity index is 540. The van der Waals surface area contributed by atoms with E-state index in [2.05, 4.69) is 32.0 Å². The molecule has 0 aromatic heterocycles. The molecule has 0 amide bonds. The molecule has 0 fully saturated rings. The van der Waals surface area contributed by atoms with Crippen LogP contribution >= 0.6 is 11.6 Å². The van der Waals surface area contributed by atoms with Crippen LogP contribution in [-0.2, 0) is 12.8 Å². The maximum atomic E-state index is 12.9. The smallest absolute Gasteiger partial charge is 0.123 e. The summed E-state index contributed by atoms with van der Waals surface area (Å²) in [5, 5.41) is 0. The molecule has 0 saturated carbocycles. The summed E-state index contributed by atoms with van der Waals surface area (Å²) in [5.74, 6) is 0.804. The zero-order valence-electron chi connectivity index (χ0n) is 12.0. The first-order chi connectivity index (χ1) is 9.56. The topological polar surface area (TPSA) is 0 Å². The van der Waals surface area contributed by atoms with Gasteiger partial charge in [-0.1, -0.05) is 41.5 Å². The van der Waals surface area contributed by atoms with Crippen LogP contribution in [0.3, 0.4) is 0 Å². The molecule has 0 saturated heterocycles. The largest absolute Gasteiger partial charge is 0.207 e. The third-order valence-electron chi connectivity index (χ3n) is 3.46. The molecule has 2 heteroatoms. The van der Waals surface area contributed by atoms with Gasteiger partial charge in [0.05, 0.1) is 0 Å². The number of halogens is 2. The minimum absolute atomic E-state index is 0.189. The van der Waals surface area contributed by atoms with Crippen molar-refractivity contribution in [3.63, 3.8) is 0 Å². The zero-order valence-corrected chi connectivity index (χ0v) is 12.8. The minimum Gasteiger partial charge on any atom is -0.207 e. The molecule has 0 bridgehead atoms. The predicted octanol–water partition coefficient (Wildman–Crippen LogP) is 5.08. The molecular formula is C18H20ClF. The van der Waals surface area contributed by atoms with Crippen LogP contribution in [-0.4, -0.2) is 5.88 Å². The summed E-state index contributed by atoms with van der Waals surface area (Å²) in [4.78, 5) is 0. The van der Waals surface area contributed by atoms with Crippen LogP contribution < -0.4 is 0 Å². The van der Waals surface area contributed by atoms with Gasteiger partial charge < -0.3 is 0 Å². The third-order valence-corrected chi connectivity index (χ3v) is 3.90. The van der Waals surface area contributed by atoms with Crippen molar-refractivity contribution in [3.8, 4) is 0 Å². The normalized spacial score (nSPS) is 12.4. The lowest BCUT2D eigenvalue weighted by Gasteiger charge is -2.15. The van der Waals surface area contributed by atoms with Gasteiger partial charge in [-0.15, -0.1) is 11.6 Å². The summed E-state index contributed by atoms with van der Waals surface area (Å²) in [5.41, 5.74) is 5.04. The summed E-state index contributed by atoms with van der Waals surface area (Å²) in [6, 6.07) is 13.3. The second kappa shape index (κ2) is 6.90. The molecule has 0 nitrogen and oxygen atoms in total. The summed E-state index contributed by atoms with van der Waals surface area (Å²) < 4.78 is 12.9. The minimum atomic E-state index is -0.189. The van der Waals surface area contributed by atoms with Gasteiger partial charge in [0, 0.05) is 5.88 Å². The van der Waals surface area contributed by atoms with E-state index in [1.54, 1.807) is 0 Å². The first-order valence-electron chi connectivity index (χ1n) is 6.94. The number of alkyl halides is 1. The van der Waals surface area contributed by atoms with E-state index in [1.165, 1.54) is 28.8 Å². The Hall–Kier alpha value is -1.34. The van der Waals surface area contributed by atoms with Crippen LogP contribution in [0.4, 0.5) is 4.39 Å². The van der Waals surface area contributed by atoms with Gasteiger partial charge in [0.25, 0.3) is 0 Å². The summed E-state index contributed by atoms with van der Waals surface area (Å²) >= 11 is 6.10. The molecule has 2 aromatic rings. The molecule has 1 atom stereocenters. The van der Waals surface area contributed by atoms with Crippen LogP contribution in [0.25, 0.3) is 0 Å². The highest BCUT2D eigenvalue weighted by Gasteiger charge is 2.10. The van der Waals surface area contributed by atoms with Crippen molar-refractivity contribution in [1.82, 2.24) is 0 Å². The second-order valence-electron chi connectivity index (χ2n) is 5.55. The van der Waals surface area contributed by atoms with E-state index in [4.69, 9.17) is 11.6 Å². The summed E-state index contributed by atoms with van der Waals surface area (Å²) in [6.45, 7) is 4.23. The molecule has 0 radical (unpaired) electrons. The highest BCUT2D eigenvalue weighted by Crippen LogP contribution is 2.18. The average molecular weight is 291 g/mol. The van der Waals surface area contributed by atoms with Crippen LogP contribution in [0.2, 0.25) is 0 Å². The van der Waals surface area contributed by atoms with Crippen LogP contribution in [0.15, 0.2) is 42.5 Å². The van der Waals surface area contributed by atoms with Crippen LogP contribution in [0.5, 0.6) is 0 Å². The number of aryl methyl sites for hydroxylation is 2. The van der Waals surface area contributed by atoms with Crippen molar-refractivity contribution >= 4 is 11.6 Å². The van der Waals surface area contributed by atoms with E-state index < -0.39 is 0 Å². The fraction of sp³-hybridized carbons (Fsp3) is 0.333. The molecule has 20 heavy (non-hydrogen) atoms. The van der Waals surface area contributed by atoms with Gasteiger partial charge in [-0.3, -0.25) is 0 Å². The molecule has 0 heterocycles. The van der Waals surface area contributed by atoms with Gasteiger partial charge in [-0.25, -0.2) is 4.39 Å². The SMILES string of the molecule is Cc1cc(C)cc(CC(CCl)Cc2ccc(F)cc2)c1. The molecule has 106 valence electrons. The van der Waals surface area contributed by atoms with Gasteiger partial charge in [-0.2, -0.15) is 0 Å². The Kier molecular flexibility index (Phi) is 5.19. The molecule has 1 unspecified atom stereocenters. The van der Waals surface area contributed by atoms with Gasteiger partial charge >= 0.3 is 0 Å². The van der Waals surface area contributed by atoms with Crippen molar-refractivity contribution in [3.05, 3.63) is 70.5 Å². The van der Waals surface area contributed by atoms with E-state index in [0.29, 0.717) is 11.8 Å². The highest BCUT2D eigenvalue weighted by molar-refractivity contribution is 6.18. The van der Waals surface area contributed by atoms with Crippen molar-refractivity contribution < 1.29 is 4.39 Å². The van der Waals surface area contributed by atoms with Crippen LogP contribution in [0.1, 0.15) is 22.3 Å². The lowest BCUT2D eigenvalue weighted by atomic mass is 9.92. The van der Waals surface area contributed by atoms with E-state index >= 15 is 0 Å². The lowest BCUT2D eigenvalue weighted by Crippen LogP contribution is -2.10. The molecule has 0 spiro atoms. The molecule has 2 rings (SSSR count). The zero-order chi connectivity index (χ0) is 14.5. The van der Waals surface area contributed by atoms with Gasteiger partial charge in [0.15, 0.2) is 0 Å². The molecule has 2 aromatic carbocycles. The molecule has 0 aliphatic carbocycles. The molecule has 0 aliphatic heterocycles. The maximum Gasteiger partial charge on any atom is 0.123 e. The second-order valence-corrected chi connectivity index (χ2v) is 5.86. The number of benzene rings is 2. The Morgan fingerprint density at radius 3 is 2.00 bits per heavy atom. The van der Waals surface area contributed by atoms with Crippen molar-refractivity contribution in [1.29, 1.82) is 0 Å². The summed E-state index contributed by atoms with van der Waals surface area (Å²) in [6.07, 6.45) is 1.85. The Morgan fingerprint density at radius 2 is 1.45 bits per heavy atom. The standard InChI is InChI=1S/C18H20ClF/c1-13-7-14(2)9-16(8-13)11-17(12-19)10-15-3-5-18(20)6-4-15/h3-9,17H,10-12H2,1-2H3. The van der Waals surface area contributed by atoms with Crippen molar-refractivity contribution in [2.24, 2.45) is 5.92 Å². The van der Waals surface area contributed by atoms with Crippen molar-refractivity contribution in [2.75, 3.05) is 5.88 Å². The highest BCUT2D eigenvalue weighted by atomic mass is 35.5. The van der Waals surface area contributed by atoms with Crippen molar-refractivity contribution in [2.45, 2.75) is 26.7 Å². The van der Waals surface area contributed by atoms with E-state index in [0.717, 1.165) is 18.4 Å². The molecule has 0 N–H and O–H groups in total. The Balaban J connectivity index is 2.06. The number of rotatable bonds is 5. The average Bonchev–Trinajstić information content (AvgIpc) is 2.39. The fourth-order valence-electron chi connectivity index (χ4n) is 2.66. The molecular weight excluding hydrogens is 271 g/mol.